The minimum Gasteiger partial charge on any atom is -0.352 e. The molecule has 0 unspecified atom stereocenters. The summed E-state index contributed by atoms with van der Waals surface area (Å²) in [5.74, 6) is 2.19. The van der Waals surface area contributed by atoms with Crippen molar-refractivity contribution in [3.63, 3.8) is 0 Å². The predicted octanol–water partition coefficient (Wildman–Crippen LogP) is 5.79. The maximum absolute atomic E-state index is 4.73. The van der Waals surface area contributed by atoms with Gasteiger partial charge in [-0.3, -0.25) is 5.10 Å². The molecule has 0 saturated heterocycles. The van der Waals surface area contributed by atoms with Gasteiger partial charge in [0.05, 0.1) is 28.4 Å². The number of benzene rings is 3. The van der Waals surface area contributed by atoms with Gasteiger partial charge in [0.25, 0.3) is 0 Å². The van der Waals surface area contributed by atoms with E-state index in [-0.39, 0.29) is 0 Å². The Hall–Kier alpha value is -4.98. The molecule has 0 saturated carbocycles. The molecule has 4 aromatic heterocycles. The Labute approximate surface area is 193 Å². The number of nitrogens with zero attached hydrogens (tertiary/aromatic N) is 4. The maximum atomic E-state index is 4.73. The van der Waals surface area contributed by atoms with E-state index in [1.165, 1.54) is 0 Å². The summed E-state index contributed by atoms with van der Waals surface area (Å²) in [4.78, 5) is 20.8. The van der Waals surface area contributed by atoms with E-state index in [1.807, 2.05) is 54.6 Å². The van der Waals surface area contributed by atoms with Gasteiger partial charge in [-0.25, -0.2) is 15.0 Å². The Morgan fingerprint density at radius 2 is 1.71 bits per heavy atom. The molecule has 8 nitrogen and oxygen atoms in total. The molecule has 0 atom stereocenters. The lowest BCUT2D eigenvalue weighted by molar-refractivity contribution is 1.12. The van der Waals surface area contributed by atoms with E-state index in [4.69, 9.17) is 9.97 Å². The van der Waals surface area contributed by atoms with Gasteiger partial charge >= 0.3 is 0 Å². The van der Waals surface area contributed by atoms with E-state index in [0.717, 1.165) is 61.4 Å². The number of hydrogen-bond donors (Lipinski definition) is 4. The average Bonchev–Trinajstić information content (AvgIpc) is 3.60. The molecule has 0 aliphatic carbocycles. The summed E-state index contributed by atoms with van der Waals surface area (Å²) in [5, 5.41) is 12.5. The van der Waals surface area contributed by atoms with E-state index in [9.17, 15) is 0 Å². The van der Waals surface area contributed by atoms with Crippen LogP contribution >= 0.6 is 0 Å². The van der Waals surface area contributed by atoms with Crippen LogP contribution < -0.4 is 5.32 Å². The Morgan fingerprint density at radius 3 is 2.68 bits per heavy atom. The van der Waals surface area contributed by atoms with E-state index in [0.29, 0.717) is 5.82 Å². The number of aromatic amines is 3. The van der Waals surface area contributed by atoms with Crippen LogP contribution in [-0.4, -0.2) is 35.1 Å². The molecule has 0 amide bonds. The first-order valence-corrected chi connectivity index (χ1v) is 10.9. The molecule has 7 rings (SSSR count). The summed E-state index contributed by atoms with van der Waals surface area (Å²) >= 11 is 0. The second-order valence-corrected chi connectivity index (χ2v) is 8.15. The van der Waals surface area contributed by atoms with Crippen molar-refractivity contribution in [1.29, 1.82) is 0 Å². The van der Waals surface area contributed by atoms with Crippen LogP contribution in [0.5, 0.6) is 0 Å². The molecule has 0 spiro atoms. The summed E-state index contributed by atoms with van der Waals surface area (Å²) in [7, 11) is 0. The first kappa shape index (κ1) is 18.6. The highest BCUT2D eigenvalue weighted by Gasteiger charge is 2.11. The number of fused-ring (bicyclic) bond motifs is 3. The maximum Gasteiger partial charge on any atom is 0.161 e. The van der Waals surface area contributed by atoms with Crippen molar-refractivity contribution >= 4 is 44.3 Å². The number of rotatable bonds is 4. The average molecular weight is 442 g/mol. The third-order valence-corrected chi connectivity index (χ3v) is 5.89. The Kier molecular flexibility index (Phi) is 3.98. The summed E-state index contributed by atoms with van der Waals surface area (Å²) in [5.41, 5.74) is 6.76. The summed E-state index contributed by atoms with van der Waals surface area (Å²) in [6.07, 6.45) is 3.57. The molecule has 7 aromatic rings. The molecule has 0 aliphatic rings. The first-order valence-electron chi connectivity index (χ1n) is 10.9. The third-order valence-electron chi connectivity index (χ3n) is 5.89. The van der Waals surface area contributed by atoms with Gasteiger partial charge < -0.3 is 15.3 Å². The molecule has 0 aliphatic heterocycles. The zero-order valence-corrected chi connectivity index (χ0v) is 17.9. The smallest absolute Gasteiger partial charge is 0.161 e. The van der Waals surface area contributed by atoms with Gasteiger partial charge in [0.15, 0.2) is 11.6 Å². The van der Waals surface area contributed by atoms with E-state index in [2.05, 4.69) is 48.7 Å². The van der Waals surface area contributed by atoms with Crippen LogP contribution in [0.4, 0.5) is 11.5 Å². The Balaban J connectivity index is 1.21. The van der Waals surface area contributed by atoms with Crippen LogP contribution in [0.25, 0.3) is 55.7 Å². The monoisotopic (exact) mass is 442 g/mol. The number of anilines is 2. The normalized spacial score (nSPS) is 11.5. The molecule has 0 radical (unpaired) electrons. The highest BCUT2D eigenvalue weighted by molar-refractivity contribution is 5.89. The number of imidazole rings is 1. The molecular formula is C26H18N8. The van der Waals surface area contributed by atoms with Gasteiger partial charge in [0.2, 0.25) is 0 Å². The molecule has 34 heavy (non-hydrogen) atoms. The van der Waals surface area contributed by atoms with E-state index in [1.54, 1.807) is 12.4 Å². The van der Waals surface area contributed by atoms with Crippen LogP contribution in [-0.2, 0) is 0 Å². The second-order valence-electron chi connectivity index (χ2n) is 8.15. The number of H-pyrrole nitrogens is 3. The molecule has 162 valence electrons. The molecule has 3 aromatic carbocycles. The van der Waals surface area contributed by atoms with Gasteiger partial charge in [-0.05, 0) is 48.5 Å². The van der Waals surface area contributed by atoms with Crippen molar-refractivity contribution in [3.05, 3.63) is 85.2 Å². The third kappa shape index (κ3) is 3.17. The van der Waals surface area contributed by atoms with E-state index >= 15 is 0 Å². The summed E-state index contributed by atoms with van der Waals surface area (Å²) in [6, 6.07) is 24.2. The van der Waals surface area contributed by atoms with Gasteiger partial charge in [-0.1, -0.05) is 24.3 Å². The fourth-order valence-electron chi connectivity index (χ4n) is 4.21. The van der Waals surface area contributed by atoms with Gasteiger partial charge in [-0.15, -0.1) is 0 Å². The van der Waals surface area contributed by atoms with Crippen molar-refractivity contribution in [2.24, 2.45) is 0 Å². The molecule has 4 N–H and O–H groups in total. The quantitative estimate of drug-likeness (QED) is 0.276. The van der Waals surface area contributed by atoms with Crippen LogP contribution in [0.3, 0.4) is 0 Å². The molecule has 4 heterocycles. The van der Waals surface area contributed by atoms with Gasteiger partial charge in [0.1, 0.15) is 5.82 Å². The largest absolute Gasteiger partial charge is 0.352 e. The van der Waals surface area contributed by atoms with Crippen molar-refractivity contribution in [1.82, 2.24) is 35.1 Å². The highest BCUT2D eigenvalue weighted by atomic mass is 15.1. The molecule has 0 bridgehead atoms. The molecular weight excluding hydrogens is 424 g/mol. The van der Waals surface area contributed by atoms with Crippen LogP contribution in [0.15, 0.2) is 85.2 Å². The lowest BCUT2D eigenvalue weighted by Crippen LogP contribution is -1.96. The minimum atomic E-state index is 0.649. The number of hydrogen-bond acceptors (Lipinski definition) is 5. The highest BCUT2D eigenvalue weighted by Crippen LogP contribution is 2.28. The zero-order chi connectivity index (χ0) is 22.5. The lowest BCUT2D eigenvalue weighted by atomic mass is 10.1. The van der Waals surface area contributed by atoms with Gasteiger partial charge in [-0.2, -0.15) is 5.10 Å². The SMILES string of the molecule is c1ccc2[nH]c(-c3cc4ccc(-c5nccc(Nc6ccc7[nH]ncc7c6)n5)cc4[nH]3)nc2c1. The van der Waals surface area contributed by atoms with Gasteiger partial charge in [0, 0.05) is 33.7 Å². The number of para-hydroxylation sites is 2. The van der Waals surface area contributed by atoms with E-state index < -0.39 is 0 Å². The number of nitrogens with one attached hydrogen (secondary N) is 4. The van der Waals surface area contributed by atoms with Crippen LogP contribution in [0.1, 0.15) is 0 Å². The van der Waals surface area contributed by atoms with Crippen molar-refractivity contribution < 1.29 is 0 Å². The predicted molar refractivity (Wildman–Crippen MR) is 134 cm³/mol. The van der Waals surface area contributed by atoms with Crippen LogP contribution in [0.2, 0.25) is 0 Å². The standard InChI is InChI=1S/C26H18N8/c1-2-4-21-20(3-1)31-26(32-21)23-12-15-5-6-16(13-22(15)30-23)25-27-10-9-24(33-25)29-18-7-8-19-17(11-18)14-28-34-19/h1-14,30H,(H,28,34)(H,31,32)(H,27,29,33). The topological polar surface area (TPSA) is 111 Å². The van der Waals surface area contributed by atoms with Crippen molar-refractivity contribution in [2.45, 2.75) is 0 Å². The molecule has 0 fully saturated rings. The number of aromatic nitrogens is 7. The summed E-state index contributed by atoms with van der Waals surface area (Å²) in [6.45, 7) is 0. The van der Waals surface area contributed by atoms with Crippen LogP contribution in [0, 0.1) is 0 Å². The Morgan fingerprint density at radius 1 is 0.735 bits per heavy atom. The minimum absolute atomic E-state index is 0.649. The second kappa shape index (κ2) is 7.28. The molecule has 8 heteroatoms. The van der Waals surface area contributed by atoms with Crippen molar-refractivity contribution in [3.8, 4) is 22.9 Å². The van der Waals surface area contributed by atoms with Crippen molar-refractivity contribution in [2.75, 3.05) is 5.32 Å². The lowest BCUT2D eigenvalue weighted by Gasteiger charge is -2.07. The fraction of sp³-hybridized carbons (Fsp3) is 0. The zero-order valence-electron chi connectivity index (χ0n) is 17.9. The Bertz CT molecular complexity index is 1770. The fourth-order valence-corrected chi connectivity index (χ4v) is 4.21. The first-order chi connectivity index (χ1) is 16.8. The summed E-state index contributed by atoms with van der Waals surface area (Å²) < 4.78 is 0.